The number of nitriles is 1. The summed E-state index contributed by atoms with van der Waals surface area (Å²) in [5, 5.41) is 9.41. The molecule has 0 saturated heterocycles. The number of nitrogens with zero attached hydrogens (tertiary/aromatic N) is 1. The lowest BCUT2D eigenvalue weighted by atomic mass is 10.1. The summed E-state index contributed by atoms with van der Waals surface area (Å²) >= 11 is 13.2. The van der Waals surface area contributed by atoms with Crippen molar-refractivity contribution >= 4 is 68.3 Å². The summed E-state index contributed by atoms with van der Waals surface area (Å²) in [5.74, 6) is -0.368. The fraction of sp³-hybridized carbons (Fsp3) is 0.414. The van der Waals surface area contributed by atoms with E-state index in [-0.39, 0.29) is 44.8 Å². The van der Waals surface area contributed by atoms with Crippen LogP contribution in [0.1, 0.15) is 38.3 Å². The van der Waals surface area contributed by atoms with Gasteiger partial charge in [0.1, 0.15) is 18.0 Å². The molecule has 0 bridgehead atoms. The van der Waals surface area contributed by atoms with E-state index in [4.69, 9.17) is 43.4 Å². The van der Waals surface area contributed by atoms with E-state index in [2.05, 4.69) is 6.07 Å². The number of hydrogen-bond donors (Lipinski definition) is 0. The molecule has 0 aliphatic rings. The maximum atomic E-state index is 11.6. The number of thioether (sulfide) groups is 2. The molecule has 0 amide bonds. The van der Waals surface area contributed by atoms with Crippen molar-refractivity contribution in [1.82, 2.24) is 0 Å². The van der Waals surface area contributed by atoms with Gasteiger partial charge in [-0.05, 0) is 24.5 Å². The molecule has 218 valence electrons. The second-order valence-corrected chi connectivity index (χ2v) is 11.8. The number of rotatable bonds is 14. The Morgan fingerprint density at radius 2 is 1.30 bits per heavy atom. The second kappa shape index (κ2) is 22.4. The molecule has 0 fully saturated rings. The van der Waals surface area contributed by atoms with Gasteiger partial charge in [-0.25, -0.2) is 0 Å². The van der Waals surface area contributed by atoms with Gasteiger partial charge in [-0.2, -0.15) is 5.26 Å². The van der Waals surface area contributed by atoms with Crippen LogP contribution in [-0.2, 0) is 28.5 Å². The molecule has 2 rings (SSSR count). The lowest BCUT2D eigenvalue weighted by Crippen LogP contribution is -2.22. The van der Waals surface area contributed by atoms with Crippen LogP contribution in [0.2, 0.25) is 0 Å². The number of ether oxygens (including phenoxy) is 4. The molecule has 11 heteroatoms. The van der Waals surface area contributed by atoms with Crippen LogP contribution in [0.15, 0.2) is 60.7 Å². The van der Waals surface area contributed by atoms with Crippen molar-refractivity contribution in [2.24, 2.45) is 0 Å². The molecule has 0 N–H and O–H groups in total. The van der Waals surface area contributed by atoms with Crippen molar-refractivity contribution in [3.63, 3.8) is 0 Å². The lowest BCUT2D eigenvalue weighted by molar-refractivity contribution is -0.145. The summed E-state index contributed by atoms with van der Waals surface area (Å²) in [6, 6.07) is 21.4. The third-order valence-electron chi connectivity index (χ3n) is 4.80. The summed E-state index contributed by atoms with van der Waals surface area (Å²) in [6.07, 6.45) is 0.561. The van der Waals surface area contributed by atoms with Crippen molar-refractivity contribution in [3.05, 3.63) is 71.8 Å². The zero-order chi connectivity index (χ0) is 28.9. The third-order valence-corrected chi connectivity index (χ3v) is 7.92. The van der Waals surface area contributed by atoms with Gasteiger partial charge in [0.15, 0.2) is 0 Å². The molecular formula is C29H37NO6S4. The Kier molecular flexibility index (Phi) is 21.1. The minimum atomic E-state index is -0.757. The topological polar surface area (TPSA) is 94.8 Å². The number of thiocarbonyl (C=S) groups is 2. The van der Waals surface area contributed by atoms with Crippen LogP contribution in [-0.4, -0.2) is 71.5 Å². The third kappa shape index (κ3) is 16.7. The predicted octanol–water partition coefficient (Wildman–Crippen LogP) is 6.27. The standard InChI is InChI=1S/C16H19NO3S2.C12H14O3S2.CH4/c1-16(12-17,9-8-14(18)20-11-10-19-2)22-15(21)13-6-4-3-5-7-13;1-14-7-8-15-11(13)9-17-12(16)10-5-3-2-4-6-10;/h3-7H,8-11H2,1-2H3;2-6H,7-9H2,1H3;1H4. The van der Waals surface area contributed by atoms with Gasteiger partial charge in [0, 0.05) is 20.6 Å². The molecule has 1 atom stereocenters. The van der Waals surface area contributed by atoms with Gasteiger partial charge >= 0.3 is 11.9 Å². The normalized spacial score (nSPS) is 11.3. The van der Waals surface area contributed by atoms with E-state index in [0.29, 0.717) is 28.0 Å². The largest absolute Gasteiger partial charge is 0.463 e. The Morgan fingerprint density at radius 3 is 1.77 bits per heavy atom. The number of carbonyl (C=O) groups is 2. The van der Waals surface area contributed by atoms with Gasteiger partial charge in [-0.1, -0.05) is 104 Å². The SMILES string of the molecule is C.COCCOC(=O)CCC(C)(C#N)SC(=S)c1ccccc1.COCCOC(=O)CSC(=S)c1ccccc1. The monoisotopic (exact) mass is 623 g/mol. The first-order valence-corrected chi connectivity index (χ1v) is 14.6. The molecule has 0 aromatic heterocycles. The van der Waals surface area contributed by atoms with Crippen molar-refractivity contribution in [1.29, 1.82) is 5.26 Å². The summed E-state index contributed by atoms with van der Waals surface area (Å²) in [5.41, 5.74) is 1.86. The molecule has 1 unspecified atom stereocenters. The smallest absolute Gasteiger partial charge is 0.316 e. The molecule has 2 aromatic rings. The number of methoxy groups -OCH3 is 2. The van der Waals surface area contributed by atoms with E-state index in [1.807, 2.05) is 60.7 Å². The Balaban J connectivity index is 0.000000765. The molecule has 0 aliphatic heterocycles. The number of carbonyl (C=O) groups excluding carboxylic acids is 2. The van der Waals surface area contributed by atoms with Crippen LogP contribution in [0, 0.1) is 11.3 Å². The number of esters is 2. The highest BCUT2D eigenvalue weighted by Gasteiger charge is 2.28. The van der Waals surface area contributed by atoms with Gasteiger partial charge in [-0.3, -0.25) is 9.59 Å². The van der Waals surface area contributed by atoms with Crippen LogP contribution in [0.5, 0.6) is 0 Å². The van der Waals surface area contributed by atoms with Crippen molar-refractivity contribution in [3.8, 4) is 6.07 Å². The number of hydrogen-bond acceptors (Lipinski definition) is 11. The van der Waals surface area contributed by atoms with Crippen LogP contribution in [0.25, 0.3) is 0 Å². The van der Waals surface area contributed by atoms with Gasteiger partial charge in [-0.15, -0.1) is 11.8 Å². The molecule has 0 radical (unpaired) electrons. The minimum absolute atomic E-state index is 0. The summed E-state index contributed by atoms with van der Waals surface area (Å²) in [7, 11) is 3.11. The first kappa shape index (κ1) is 37.7. The Labute approximate surface area is 257 Å². The molecule has 0 spiro atoms. The van der Waals surface area contributed by atoms with E-state index in [1.165, 1.54) is 23.5 Å². The van der Waals surface area contributed by atoms with Crippen LogP contribution in [0.3, 0.4) is 0 Å². The van der Waals surface area contributed by atoms with Gasteiger partial charge in [0.25, 0.3) is 0 Å². The van der Waals surface area contributed by atoms with Gasteiger partial charge in [0.05, 0.1) is 33.4 Å². The quantitative estimate of drug-likeness (QED) is 0.135. The predicted molar refractivity (Wildman–Crippen MR) is 172 cm³/mol. The maximum absolute atomic E-state index is 11.6. The van der Waals surface area contributed by atoms with Gasteiger partial charge < -0.3 is 18.9 Å². The highest BCUT2D eigenvalue weighted by molar-refractivity contribution is 8.24. The summed E-state index contributed by atoms with van der Waals surface area (Å²) in [4.78, 5) is 22.9. The molecule has 0 heterocycles. The fourth-order valence-electron chi connectivity index (χ4n) is 2.68. The fourth-order valence-corrected chi connectivity index (χ4v) is 5.23. The highest BCUT2D eigenvalue weighted by Crippen LogP contribution is 2.33. The first-order valence-electron chi connectivity index (χ1n) is 12.0. The molecule has 7 nitrogen and oxygen atoms in total. The van der Waals surface area contributed by atoms with E-state index < -0.39 is 4.75 Å². The van der Waals surface area contributed by atoms with Crippen LogP contribution < -0.4 is 0 Å². The number of benzene rings is 2. The second-order valence-electron chi connectivity index (χ2n) is 7.97. The van der Waals surface area contributed by atoms with Crippen LogP contribution in [0.4, 0.5) is 0 Å². The summed E-state index contributed by atoms with van der Waals surface area (Å²) in [6.45, 7) is 3.09. The lowest BCUT2D eigenvalue weighted by Gasteiger charge is -2.20. The molecular weight excluding hydrogens is 587 g/mol. The van der Waals surface area contributed by atoms with E-state index in [9.17, 15) is 14.9 Å². The minimum Gasteiger partial charge on any atom is -0.463 e. The molecule has 40 heavy (non-hydrogen) atoms. The van der Waals surface area contributed by atoms with E-state index in [0.717, 1.165) is 11.1 Å². The highest BCUT2D eigenvalue weighted by atomic mass is 32.2. The Bertz CT molecular complexity index is 1080. The molecule has 0 aliphatic carbocycles. The van der Waals surface area contributed by atoms with E-state index >= 15 is 0 Å². The maximum Gasteiger partial charge on any atom is 0.316 e. The molecule has 2 aromatic carbocycles. The Morgan fingerprint density at radius 1 is 0.825 bits per heavy atom. The molecule has 0 saturated carbocycles. The summed E-state index contributed by atoms with van der Waals surface area (Å²) < 4.78 is 20.1. The Hall–Kier alpha value is -2.33. The average Bonchev–Trinajstić information content (AvgIpc) is 2.96. The first-order chi connectivity index (χ1) is 18.7. The van der Waals surface area contributed by atoms with E-state index in [1.54, 1.807) is 21.1 Å². The van der Waals surface area contributed by atoms with Crippen molar-refractivity contribution < 1.29 is 28.5 Å². The van der Waals surface area contributed by atoms with Crippen molar-refractivity contribution in [2.75, 3.05) is 46.4 Å². The van der Waals surface area contributed by atoms with Gasteiger partial charge in [0.2, 0.25) is 0 Å². The zero-order valence-electron chi connectivity index (χ0n) is 22.3. The average molecular weight is 624 g/mol. The zero-order valence-corrected chi connectivity index (χ0v) is 25.5. The van der Waals surface area contributed by atoms with Crippen LogP contribution >= 0.6 is 48.0 Å². The van der Waals surface area contributed by atoms with Crippen molar-refractivity contribution in [2.45, 2.75) is 31.9 Å².